The van der Waals surface area contributed by atoms with Gasteiger partial charge in [-0.1, -0.05) is 17.7 Å². The summed E-state index contributed by atoms with van der Waals surface area (Å²) in [5.74, 6) is 0.117. The first-order valence-corrected chi connectivity index (χ1v) is 7.91. The van der Waals surface area contributed by atoms with Gasteiger partial charge in [-0.3, -0.25) is 4.79 Å². The van der Waals surface area contributed by atoms with Crippen molar-refractivity contribution in [2.45, 2.75) is 19.4 Å². The van der Waals surface area contributed by atoms with Crippen molar-refractivity contribution in [1.29, 1.82) is 5.26 Å². The molecule has 0 bridgehead atoms. The Bertz CT molecular complexity index is 952. The number of carbonyl (C=O) groups excluding carboxylic acids is 1. The molecule has 3 rings (SSSR count). The fraction of sp³-hybridized carbons (Fsp3) is 0.167. The average molecular weight is 355 g/mol. The maximum atomic E-state index is 12.5. The van der Waals surface area contributed by atoms with Crippen LogP contribution in [0.1, 0.15) is 24.3 Å². The molecule has 25 heavy (non-hydrogen) atoms. The normalized spacial score (nSPS) is 11.1. The van der Waals surface area contributed by atoms with Gasteiger partial charge in [0.1, 0.15) is 11.2 Å². The van der Waals surface area contributed by atoms with Crippen LogP contribution in [0.3, 0.4) is 0 Å². The van der Waals surface area contributed by atoms with Gasteiger partial charge >= 0.3 is 0 Å². The summed E-state index contributed by atoms with van der Waals surface area (Å²) in [5, 5.41) is 16.7. The van der Waals surface area contributed by atoms with E-state index in [4.69, 9.17) is 21.3 Å². The molecule has 0 radical (unpaired) electrons. The second-order valence-electron chi connectivity index (χ2n) is 5.97. The smallest absolute Gasteiger partial charge is 0.273 e. The molecule has 2 aromatic heterocycles. The van der Waals surface area contributed by atoms with E-state index in [2.05, 4.69) is 10.4 Å². The second-order valence-corrected chi connectivity index (χ2v) is 6.41. The molecule has 1 amide bonds. The van der Waals surface area contributed by atoms with Gasteiger partial charge in [0, 0.05) is 11.1 Å². The number of nitriles is 1. The van der Waals surface area contributed by atoms with Crippen LogP contribution in [0.15, 0.2) is 53.1 Å². The number of hydrogen-bond donors (Lipinski definition) is 1. The minimum atomic E-state index is -0.998. The SMILES string of the molecule is CC(C)(C#N)NC(=O)c1cc(-c2ccco2)n(-c2cccc(Cl)c2)n1. The zero-order valence-electron chi connectivity index (χ0n) is 13.7. The third-order valence-corrected chi connectivity index (χ3v) is 3.71. The molecule has 0 aliphatic rings. The quantitative estimate of drug-likeness (QED) is 0.772. The van der Waals surface area contributed by atoms with Crippen LogP contribution >= 0.6 is 11.6 Å². The van der Waals surface area contributed by atoms with E-state index in [0.717, 1.165) is 0 Å². The Labute approximate surface area is 149 Å². The van der Waals surface area contributed by atoms with Crippen molar-refractivity contribution in [2.75, 3.05) is 0 Å². The van der Waals surface area contributed by atoms with Crippen molar-refractivity contribution in [3.05, 3.63) is 59.4 Å². The van der Waals surface area contributed by atoms with Crippen LogP contribution in [0.25, 0.3) is 17.1 Å². The van der Waals surface area contributed by atoms with Crippen molar-refractivity contribution in [1.82, 2.24) is 15.1 Å². The highest BCUT2D eigenvalue weighted by molar-refractivity contribution is 6.30. The summed E-state index contributed by atoms with van der Waals surface area (Å²) in [6.45, 7) is 3.23. The molecular formula is C18H15ClN4O2. The van der Waals surface area contributed by atoms with Gasteiger partial charge in [0.15, 0.2) is 11.5 Å². The van der Waals surface area contributed by atoms with Crippen molar-refractivity contribution in [3.8, 4) is 23.2 Å². The summed E-state index contributed by atoms with van der Waals surface area (Å²) in [7, 11) is 0. The monoisotopic (exact) mass is 354 g/mol. The van der Waals surface area contributed by atoms with Crippen LogP contribution in [0.2, 0.25) is 5.02 Å². The molecule has 0 fully saturated rings. The molecule has 126 valence electrons. The number of hydrogen-bond acceptors (Lipinski definition) is 4. The van der Waals surface area contributed by atoms with Gasteiger partial charge in [-0.2, -0.15) is 10.4 Å². The molecule has 0 atom stereocenters. The Hall–Kier alpha value is -3.04. The standard InChI is InChI=1S/C18H15ClN4O2/c1-18(2,11-20)21-17(24)14-10-15(16-7-4-8-25-16)23(22-14)13-6-3-5-12(19)9-13/h3-10H,1-2H3,(H,21,24). The van der Waals surface area contributed by atoms with Crippen molar-refractivity contribution in [2.24, 2.45) is 0 Å². The van der Waals surface area contributed by atoms with E-state index in [1.165, 1.54) is 0 Å². The van der Waals surface area contributed by atoms with E-state index in [1.54, 1.807) is 61.2 Å². The van der Waals surface area contributed by atoms with Crippen molar-refractivity contribution < 1.29 is 9.21 Å². The Kier molecular flexibility index (Phi) is 4.34. The van der Waals surface area contributed by atoms with Crippen LogP contribution in [0.4, 0.5) is 0 Å². The van der Waals surface area contributed by atoms with Gasteiger partial charge in [0.2, 0.25) is 0 Å². The maximum Gasteiger partial charge on any atom is 0.273 e. The molecule has 0 aliphatic carbocycles. The number of aromatic nitrogens is 2. The van der Waals surface area contributed by atoms with Crippen LogP contribution < -0.4 is 5.32 Å². The van der Waals surface area contributed by atoms with Gasteiger partial charge < -0.3 is 9.73 Å². The lowest BCUT2D eigenvalue weighted by Crippen LogP contribution is -2.42. The summed E-state index contributed by atoms with van der Waals surface area (Å²) < 4.78 is 7.03. The first kappa shape index (κ1) is 16.8. The summed E-state index contributed by atoms with van der Waals surface area (Å²) in [4.78, 5) is 12.5. The zero-order valence-corrected chi connectivity index (χ0v) is 14.4. The number of amides is 1. The molecule has 3 aromatic rings. The minimum Gasteiger partial charge on any atom is -0.463 e. The van der Waals surface area contributed by atoms with Crippen LogP contribution in [-0.4, -0.2) is 21.2 Å². The van der Waals surface area contributed by atoms with E-state index >= 15 is 0 Å². The van der Waals surface area contributed by atoms with Crippen LogP contribution in [0, 0.1) is 11.3 Å². The van der Waals surface area contributed by atoms with Crippen LogP contribution in [0.5, 0.6) is 0 Å². The highest BCUT2D eigenvalue weighted by Gasteiger charge is 2.24. The molecule has 2 heterocycles. The predicted octanol–water partition coefficient (Wildman–Crippen LogP) is 3.82. The highest BCUT2D eigenvalue weighted by atomic mass is 35.5. The van der Waals surface area contributed by atoms with Gasteiger partial charge in [0.05, 0.1) is 18.0 Å². The topological polar surface area (TPSA) is 83.9 Å². The summed E-state index contributed by atoms with van der Waals surface area (Å²) in [6, 6.07) is 14.3. The second kappa shape index (κ2) is 6.46. The molecule has 0 aliphatic heterocycles. The highest BCUT2D eigenvalue weighted by Crippen LogP contribution is 2.26. The molecule has 1 N–H and O–H groups in total. The third-order valence-electron chi connectivity index (χ3n) is 3.47. The molecule has 7 heteroatoms. The Morgan fingerprint density at radius 2 is 2.12 bits per heavy atom. The van der Waals surface area contributed by atoms with E-state index < -0.39 is 11.4 Å². The Morgan fingerprint density at radius 1 is 1.32 bits per heavy atom. The number of benzene rings is 1. The molecule has 0 saturated carbocycles. The van der Waals surface area contributed by atoms with Crippen molar-refractivity contribution >= 4 is 17.5 Å². The maximum absolute atomic E-state index is 12.5. The first-order chi connectivity index (χ1) is 11.9. The summed E-state index contributed by atoms with van der Waals surface area (Å²) in [6.07, 6.45) is 1.54. The first-order valence-electron chi connectivity index (χ1n) is 7.53. The lowest BCUT2D eigenvalue weighted by molar-refractivity contribution is 0.0923. The van der Waals surface area contributed by atoms with E-state index in [0.29, 0.717) is 22.2 Å². The molecule has 0 unspecified atom stereocenters. The fourth-order valence-corrected chi connectivity index (χ4v) is 2.46. The number of rotatable bonds is 4. The molecule has 0 saturated heterocycles. The number of furan rings is 1. The van der Waals surface area contributed by atoms with E-state index in [-0.39, 0.29) is 5.69 Å². The third kappa shape index (κ3) is 3.57. The largest absolute Gasteiger partial charge is 0.463 e. The van der Waals surface area contributed by atoms with Crippen molar-refractivity contribution in [3.63, 3.8) is 0 Å². The van der Waals surface area contributed by atoms with Crippen LogP contribution in [-0.2, 0) is 0 Å². The van der Waals surface area contributed by atoms with E-state index in [9.17, 15) is 4.79 Å². The minimum absolute atomic E-state index is 0.176. The van der Waals surface area contributed by atoms with Gasteiger partial charge in [-0.15, -0.1) is 0 Å². The number of halogens is 1. The Morgan fingerprint density at radius 3 is 2.76 bits per heavy atom. The zero-order chi connectivity index (χ0) is 18.0. The lowest BCUT2D eigenvalue weighted by Gasteiger charge is -2.16. The number of nitrogens with zero attached hydrogens (tertiary/aromatic N) is 3. The Balaban J connectivity index is 2.07. The predicted molar refractivity (Wildman–Crippen MR) is 93.4 cm³/mol. The molecule has 6 nitrogen and oxygen atoms in total. The average Bonchev–Trinajstić information content (AvgIpc) is 3.23. The van der Waals surface area contributed by atoms with Gasteiger partial charge in [0.25, 0.3) is 5.91 Å². The van der Waals surface area contributed by atoms with E-state index in [1.807, 2.05) is 12.1 Å². The lowest BCUT2D eigenvalue weighted by atomic mass is 10.1. The summed E-state index contributed by atoms with van der Waals surface area (Å²) >= 11 is 6.07. The number of carbonyl (C=O) groups is 1. The molecule has 0 spiro atoms. The summed E-state index contributed by atoms with van der Waals surface area (Å²) in [5.41, 5.74) is 0.473. The van der Waals surface area contributed by atoms with Gasteiger partial charge in [-0.05, 0) is 44.2 Å². The van der Waals surface area contributed by atoms with Gasteiger partial charge in [-0.25, -0.2) is 4.68 Å². The fourth-order valence-electron chi connectivity index (χ4n) is 2.27. The number of nitrogens with one attached hydrogen (secondary N) is 1. The molecular weight excluding hydrogens is 340 g/mol. The molecule has 1 aromatic carbocycles.